The van der Waals surface area contributed by atoms with E-state index < -0.39 is 11.7 Å². The van der Waals surface area contributed by atoms with Crippen molar-refractivity contribution in [3.63, 3.8) is 0 Å². The SMILES string of the molecule is CCOC(=O)n1cc2c(n1)CN(C(=O)OC(C)(C)C)C2. The highest BCUT2D eigenvalue weighted by molar-refractivity contribution is 5.71. The Balaban J connectivity index is 2.01. The van der Waals surface area contributed by atoms with Crippen LogP contribution in [0.2, 0.25) is 0 Å². The highest BCUT2D eigenvalue weighted by Crippen LogP contribution is 2.23. The average molecular weight is 281 g/mol. The van der Waals surface area contributed by atoms with Crippen LogP contribution < -0.4 is 0 Å². The molecule has 0 atom stereocenters. The fourth-order valence-corrected chi connectivity index (χ4v) is 1.89. The molecule has 0 saturated carbocycles. The molecule has 0 unspecified atom stereocenters. The third-order valence-electron chi connectivity index (χ3n) is 2.69. The minimum Gasteiger partial charge on any atom is -0.448 e. The average Bonchev–Trinajstić information content (AvgIpc) is 2.83. The Hall–Kier alpha value is -2.05. The topological polar surface area (TPSA) is 73.7 Å². The summed E-state index contributed by atoms with van der Waals surface area (Å²) < 4.78 is 11.3. The van der Waals surface area contributed by atoms with Crippen LogP contribution in [0.3, 0.4) is 0 Å². The zero-order valence-electron chi connectivity index (χ0n) is 12.2. The van der Waals surface area contributed by atoms with Gasteiger partial charge in [-0.05, 0) is 27.7 Å². The van der Waals surface area contributed by atoms with Crippen LogP contribution >= 0.6 is 0 Å². The second kappa shape index (κ2) is 5.15. The molecular weight excluding hydrogens is 262 g/mol. The van der Waals surface area contributed by atoms with Crippen molar-refractivity contribution in [3.05, 3.63) is 17.5 Å². The summed E-state index contributed by atoms with van der Waals surface area (Å²) >= 11 is 0. The summed E-state index contributed by atoms with van der Waals surface area (Å²) in [7, 11) is 0. The number of hydrogen-bond acceptors (Lipinski definition) is 5. The van der Waals surface area contributed by atoms with E-state index >= 15 is 0 Å². The van der Waals surface area contributed by atoms with E-state index in [9.17, 15) is 9.59 Å². The summed E-state index contributed by atoms with van der Waals surface area (Å²) in [5.41, 5.74) is 1.01. The fourth-order valence-electron chi connectivity index (χ4n) is 1.89. The summed E-state index contributed by atoms with van der Waals surface area (Å²) in [5.74, 6) is 0. The number of nitrogens with zero attached hydrogens (tertiary/aromatic N) is 3. The lowest BCUT2D eigenvalue weighted by molar-refractivity contribution is 0.0239. The lowest BCUT2D eigenvalue weighted by atomic mass is 10.2. The number of hydrogen-bond donors (Lipinski definition) is 0. The van der Waals surface area contributed by atoms with Gasteiger partial charge in [0.2, 0.25) is 0 Å². The number of aromatic nitrogens is 2. The van der Waals surface area contributed by atoms with Gasteiger partial charge in [-0.25, -0.2) is 9.59 Å². The summed E-state index contributed by atoms with van der Waals surface area (Å²) in [4.78, 5) is 25.0. The van der Waals surface area contributed by atoms with E-state index in [-0.39, 0.29) is 6.09 Å². The maximum Gasteiger partial charge on any atom is 0.434 e. The van der Waals surface area contributed by atoms with E-state index in [0.29, 0.717) is 25.4 Å². The van der Waals surface area contributed by atoms with E-state index in [1.54, 1.807) is 18.0 Å². The molecule has 1 aliphatic heterocycles. The van der Waals surface area contributed by atoms with Crippen LogP contribution in [-0.4, -0.2) is 39.1 Å². The standard InChI is InChI=1S/C13H19N3O4/c1-5-19-12(18)16-7-9-6-15(8-10(9)14-16)11(17)20-13(2,3)4/h7H,5-6,8H2,1-4H3. The Morgan fingerprint density at radius 1 is 1.30 bits per heavy atom. The molecule has 0 radical (unpaired) electrons. The van der Waals surface area contributed by atoms with Gasteiger partial charge in [-0.3, -0.25) is 4.90 Å². The molecule has 0 aromatic carbocycles. The Morgan fingerprint density at radius 2 is 2.00 bits per heavy atom. The van der Waals surface area contributed by atoms with E-state index in [0.717, 1.165) is 5.56 Å². The van der Waals surface area contributed by atoms with Gasteiger partial charge < -0.3 is 9.47 Å². The molecule has 1 aromatic heterocycles. The molecule has 0 N–H and O–H groups in total. The van der Waals surface area contributed by atoms with Crippen molar-refractivity contribution in [2.75, 3.05) is 6.61 Å². The second-order valence-corrected chi connectivity index (χ2v) is 5.58. The van der Waals surface area contributed by atoms with Gasteiger partial charge in [0.25, 0.3) is 0 Å². The van der Waals surface area contributed by atoms with Crippen molar-refractivity contribution in [2.24, 2.45) is 0 Å². The first kappa shape index (κ1) is 14.4. The minimum absolute atomic E-state index is 0.299. The summed E-state index contributed by atoms with van der Waals surface area (Å²) in [6, 6.07) is 0. The monoisotopic (exact) mass is 281 g/mol. The molecule has 110 valence electrons. The second-order valence-electron chi connectivity index (χ2n) is 5.58. The smallest absolute Gasteiger partial charge is 0.434 e. The summed E-state index contributed by atoms with van der Waals surface area (Å²) in [5, 5.41) is 4.13. The molecule has 7 nitrogen and oxygen atoms in total. The van der Waals surface area contributed by atoms with Crippen LogP contribution in [-0.2, 0) is 22.6 Å². The third kappa shape index (κ3) is 3.09. The predicted molar refractivity (Wildman–Crippen MR) is 70.1 cm³/mol. The Bertz CT molecular complexity index is 507. The van der Waals surface area contributed by atoms with Gasteiger partial charge in [-0.15, -0.1) is 0 Å². The van der Waals surface area contributed by atoms with E-state index in [2.05, 4.69) is 5.10 Å². The molecule has 0 aliphatic carbocycles. The van der Waals surface area contributed by atoms with Crippen LogP contribution in [0.15, 0.2) is 6.20 Å². The van der Waals surface area contributed by atoms with Crippen molar-refractivity contribution in [2.45, 2.75) is 46.4 Å². The molecule has 1 aliphatic rings. The molecule has 0 spiro atoms. The maximum atomic E-state index is 11.9. The first-order valence-corrected chi connectivity index (χ1v) is 6.52. The van der Waals surface area contributed by atoms with Gasteiger partial charge in [0, 0.05) is 11.8 Å². The van der Waals surface area contributed by atoms with Gasteiger partial charge in [-0.2, -0.15) is 9.78 Å². The van der Waals surface area contributed by atoms with Crippen molar-refractivity contribution < 1.29 is 19.1 Å². The molecule has 1 amide bonds. The van der Waals surface area contributed by atoms with E-state index in [4.69, 9.17) is 9.47 Å². The van der Waals surface area contributed by atoms with Crippen molar-refractivity contribution in [1.82, 2.24) is 14.7 Å². The quantitative estimate of drug-likeness (QED) is 0.788. The summed E-state index contributed by atoms with van der Waals surface area (Å²) in [6.07, 6.45) is 0.710. The van der Waals surface area contributed by atoms with E-state index in [1.165, 1.54) is 4.68 Å². The molecule has 20 heavy (non-hydrogen) atoms. The Morgan fingerprint density at radius 3 is 2.55 bits per heavy atom. The lowest BCUT2D eigenvalue weighted by Gasteiger charge is -2.24. The maximum absolute atomic E-state index is 11.9. The molecule has 0 bridgehead atoms. The Labute approximate surface area is 117 Å². The van der Waals surface area contributed by atoms with Gasteiger partial charge in [0.1, 0.15) is 5.60 Å². The normalized spacial score (nSPS) is 14.1. The van der Waals surface area contributed by atoms with Crippen molar-refractivity contribution in [3.8, 4) is 0 Å². The Kier molecular flexibility index (Phi) is 3.69. The molecular formula is C13H19N3O4. The largest absolute Gasteiger partial charge is 0.448 e. The minimum atomic E-state index is -0.526. The fraction of sp³-hybridized carbons (Fsp3) is 0.615. The number of fused-ring (bicyclic) bond motifs is 1. The number of rotatable bonds is 1. The first-order valence-electron chi connectivity index (χ1n) is 6.52. The predicted octanol–water partition coefficient (Wildman–Crippen LogP) is 2.14. The van der Waals surface area contributed by atoms with Crippen LogP contribution in [0.25, 0.3) is 0 Å². The van der Waals surface area contributed by atoms with Gasteiger partial charge >= 0.3 is 12.2 Å². The van der Waals surface area contributed by atoms with Crippen molar-refractivity contribution >= 4 is 12.2 Å². The van der Waals surface area contributed by atoms with Crippen molar-refractivity contribution in [1.29, 1.82) is 0 Å². The van der Waals surface area contributed by atoms with Crippen LogP contribution in [0.1, 0.15) is 39.0 Å². The summed E-state index contributed by atoms with van der Waals surface area (Å²) in [6.45, 7) is 8.23. The number of carbonyl (C=O) groups is 2. The van der Waals surface area contributed by atoms with Crippen LogP contribution in [0.5, 0.6) is 0 Å². The van der Waals surface area contributed by atoms with Crippen LogP contribution in [0, 0.1) is 0 Å². The number of amides is 1. The first-order chi connectivity index (χ1) is 9.30. The zero-order chi connectivity index (χ0) is 14.9. The van der Waals surface area contributed by atoms with Gasteiger partial charge in [-0.1, -0.05) is 0 Å². The highest BCUT2D eigenvalue weighted by atomic mass is 16.6. The zero-order valence-corrected chi connectivity index (χ0v) is 12.2. The molecule has 7 heteroatoms. The van der Waals surface area contributed by atoms with Crippen LogP contribution in [0.4, 0.5) is 9.59 Å². The molecule has 0 fully saturated rings. The molecule has 0 saturated heterocycles. The number of carbonyl (C=O) groups excluding carboxylic acids is 2. The lowest BCUT2D eigenvalue weighted by Crippen LogP contribution is -2.33. The molecule has 1 aromatic rings. The number of ether oxygens (including phenoxy) is 2. The highest BCUT2D eigenvalue weighted by Gasteiger charge is 2.30. The molecule has 2 rings (SSSR count). The van der Waals surface area contributed by atoms with E-state index in [1.807, 2.05) is 20.8 Å². The molecule has 2 heterocycles. The van der Waals surface area contributed by atoms with Gasteiger partial charge in [0.15, 0.2) is 0 Å². The van der Waals surface area contributed by atoms with Gasteiger partial charge in [0.05, 0.1) is 25.4 Å². The third-order valence-corrected chi connectivity index (χ3v) is 2.69.